The summed E-state index contributed by atoms with van der Waals surface area (Å²) in [7, 11) is 4.46. The molecule has 2 aromatic rings. The number of carbonyl (C=O) groups is 2. The van der Waals surface area contributed by atoms with E-state index < -0.39 is 17.7 Å². The van der Waals surface area contributed by atoms with Crippen LogP contribution < -0.4 is 23.7 Å². The lowest BCUT2D eigenvalue weighted by molar-refractivity contribution is -0.140. The third-order valence-corrected chi connectivity index (χ3v) is 6.95. The fourth-order valence-corrected chi connectivity index (χ4v) is 5.03. The molecule has 0 saturated carbocycles. The first-order valence-electron chi connectivity index (χ1n) is 12.3. The van der Waals surface area contributed by atoms with Gasteiger partial charge in [-0.2, -0.15) is 0 Å². The normalized spacial score (nSPS) is 20.6. The van der Waals surface area contributed by atoms with E-state index in [1.165, 1.54) is 26.2 Å². The van der Waals surface area contributed by atoms with Crippen molar-refractivity contribution in [2.45, 2.75) is 6.04 Å². The maximum absolute atomic E-state index is 13.5. The molecule has 0 aliphatic carbocycles. The van der Waals surface area contributed by atoms with Gasteiger partial charge in [-0.25, -0.2) is 0 Å². The van der Waals surface area contributed by atoms with E-state index in [2.05, 4.69) is 4.90 Å². The summed E-state index contributed by atoms with van der Waals surface area (Å²) in [5.74, 6) is -0.0172. The summed E-state index contributed by atoms with van der Waals surface area (Å²) >= 11 is 0. The number of rotatable bonds is 8. The van der Waals surface area contributed by atoms with Crippen LogP contribution in [0.1, 0.15) is 17.2 Å². The summed E-state index contributed by atoms with van der Waals surface area (Å²) in [6, 6.07) is 7.35. The van der Waals surface area contributed by atoms with Crippen LogP contribution in [0.15, 0.2) is 35.9 Å². The molecule has 3 aliphatic heterocycles. The first kappa shape index (κ1) is 25.7. The SMILES string of the molecule is COc1cccc(C(O)=C2C(=O)C(=O)N(CCN3CCOCC3)[C@H]2c2cc(OC)c3c(c2OC)OCO3)c1. The van der Waals surface area contributed by atoms with Gasteiger partial charge < -0.3 is 38.4 Å². The largest absolute Gasteiger partial charge is 0.507 e. The summed E-state index contributed by atoms with van der Waals surface area (Å²) in [6.45, 7) is 3.38. The number of fused-ring (bicyclic) bond motifs is 1. The van der Waals surface area contributed by atoms with Gasteiger partial charge in [-0.05, 0) is 18.2 Å². The van der Waals surface area contributed by atoms with Crippen molar-refractivity contribution in [3.8, 4) is 28.7 Å². The molecule has 2 fully saturated rings. The zero-order chi connectivity index (χ0) is 26.8. The second-order valence-corrected chi connectivity index (χ2v) is 8.94. The number of carbonyl (C=O) groups excluding carboxylic acids is 2. The van der Waals surface area contributed by atoms with E-state index in [4.69, 9.17) is 28.4 Å². The van der Waals surface area contributed by atoms with Crippen molar-refractivity contribution < 1.29 is 43.1 Å². The van der Waals surface area contributed by atoms with Crippen LogP contribution in [0, 0.1) is 0 Å². The molecule has 11 heteroatoms. The zero-order valence-corrected chi connectivity index (χ0v) is 21.5. The van der Waals surface area contributed by atoms with Gasteiger partial charge in [-0.1, -0.05) is 12.1 Å². The summed E-state index contributed by atoms with van der Waals surface area (Å²) in [5, 5.41) is 11.4. The average molecular weight is 527 g/mol. The third-order valence-electron chi connectivity index (χ3n) is 6.95. The van der Waals surface area contributed by atoms with Gasteiger partial charge in [0.2, 0.25) is 18.3 Å². The van der Waals surface area contributed by atoms with Crippen LogP contribution in [-0.2, 0) is 14.3 Å². The quantitative estimate of drug-likeness (QED) is 0.312. The number of ether oxygens (including phenoxy) is 6. The van der Waals surface area contributed by atoms with Gasteiger partial charge in [-0.15, -0.1) is 0 Å². The minimum absolute atomic E-state index is 0.0352. The molecular formula is C27H30N2O9. The van der Waals surface area contributed by atoms with Gasteiger partial charge >= 0.3 is 0 Å². The highest BCUT2D eigenvalue weighted by atomic mass is 16.7. The number of aliphatic hydroxyl groups is 1. The second-order valence-electron chi connectivity index (χ2n) is 8.94. The Hall–Kier alpha value is -3.96. The van der Waals surface area contributed by atoms with E-state index in [-0.39, 0.29) is 30.4 Å². The smallest absolute Gasteiger partial charge is 0.295 e. The molecule has 1 atom stereocenters. The van der Waals surface area contributed by atoms with Gasteiger partial charge in [-0.3, -0.25) is 14.5 Å². The van der Waals surface area contributed by atoms with Gasteiger partial charge in [0.25, 0.3) is 11.7 Å². The summed E-state index contributed by atoms with van der Waals surface area (Å²) < 4.78 is 33.3. The van der Waals surface area contributed by atoms with Crippen LogP contribution in [0.4, 0.5) is 0 Å². The fraction of sp³-hybridized carbons (Fsp3) is 0.407. The van der Waals surface area contributed by atoms with Crippen LogP contribution in [0.3, 0.4) is 0 Å². The predicted octanol–water partition coefficient (Wildman–Crippen LogP) is 2.20. The Bertz CT molecular complexity index is 1270. The van der Waals surface area contributed by atoms with Crippen LogP contribution in [0.25, 0.3) is 5.76 Å². The number of morpholine rings is 1. The number of ketones is 1. The average Bonchev–Trinajstić information content (AvgIpc) is 3.54. The van der Waals surface area contributed by atoms with Crippen molar-refractivity contribution >= 4 is 17.4 Å². The second kappa shape index (κ2) is 10.8. The molecule has 0 unspecified atom stereocenters. The van der Waals surface area contributed by atoms with Gasteiger partial charge in [0.15, 0.2) is 11.5 Å². The van der Waals surface area contributed by atoms with Gasteiger partial charge in [0.1, 0.15) is 11.5 Å². The van der Waals surface area contributed by atoms with Crippen LogP contribution >= 0.6 is 0 Å². The molecule has 202 valence electrons. The van der Waals surface area contributed by atoms with Gasteiger partial charge in [0.05, 0.1) is 46.2 Å². The Labute approximate surface area is 220 Å². The molecule has 0 spiro atoms. The Morgan fingerprint density at radius 2 is 1.76 bits per heavy atom. The first-order chi connectivity index (χ1) is 18.5. The molecule has 2 saturated heterocycles. The number of methoxy groups -OCH3 is 3. The van der Waals surface area contributed by atoms with E-state index in [0.717, 1.165) is 13.1 Å². The molecule has 0 aromatic heterocycles. The summed E-state index contributed by atoms with van der Waals surface area (Å²) in [6.07, 6.45) is 0. The molecular weight excluding hydrogens is 496 g/mol. The topological polar surface area (TPSA) is 116 Å². The minimum Gasteiger partial charge on any atom is -0.507 e. The summed E-state index contributed by atoms with van der Waals surface area (Å²) in [5.41, 5.74) is 0.705. The van der Waals surface area contributed by atoms with Crippen molar-refractivity contribution in [3.63, 3.8) is 0 Å². The van der Waals surface area contributed by atoms with E-state index >= 15 is 0 Å². The predicted molar refractivity (Wildman–Crippen MR) is 135 cm³/mol. The maximum Gasteiger partial charge on any atom is 0.295 e. The lowest BCUT2D eigenvalue weighted by atomic mass is 9.93. The van der Waals surface area contributed by atoms with Crippen molar-refractivity contribution in [3.05, 3.63) is 47.0 Å². The molecule has 3 aliphatic rings. The Kier molecular flexibility index (Phi) is 7.30. The zero-order valence-electron chi connectivity index (χ0n) is 21.5. The number of nitrogens with zero attached hydrogens (tertiary/aromatic N) is 2. The summed E-state index contributed by atoms with van der Waals surface area (Å²) in [4.78, 5) is 30.6. The standard InChI is InChI=1S/C27H30N2O9/c1-33-17-6-4-5-16(13-17)22(30)20-21(18-14-19(34-2)25-26(24(18)35-3)38-15-37-25)29(27(32)23(20)31)8-7-28-9-11-36-12-10-28/h4-6,13-14,21,30H,7-12,15H2,1-3H3/t21-/m0/s1. The van der Waals surface area contributed by atoms with Crippen LogP contribution in [0.2, 0.25) is 0 Å². The molecule has 5 rings (SSSR count). The number of hydrogen-bond acceptors (Lipinski definition) is 10. The monoisotopic (exact) mass is 526 g/mol. The molecule has 0 radical (unpaired) electrons. The molecule has 2 aromatic carbocycles. The number of hydrogen-bond donors (Lipinski definition) is 1. The number of likely N-dealkylation sites (tertiary alicyclic amines) is 1. The Morgan fingerprint density at radius 3 is 2.47 bits per heavy atom. The van der Waals surface area contributed by atoms with Crippen LogP contribution in [0.5, 0.6) is 28.7 Å². The molecule has 3 heterocycles. The molecule has 0 bridgehead atoms. The highest BCUT2D eigenvalue weighted by molar-refractivity contribution is 6.46. The van der Waals surface area contributed by atoms with Crippen molar-refractivity contribution in [2.24, 2.45) is 0 Å². The molecule has 1 amide bonds. The maximum atomic E-state index is 13.5. The number of benzene rings is 2. The number of aliphatic hydroxyl groups excluding tert-OH is 1. The van der Waals surface area contributed by atoms with E-state index in [1.807, 2.05) is 0 Å². The third kappa shape index (κ3) is 4.48. The highest BCUT2D eigenvalue weighted by Gasteiger charge is 2.48. The van der Waals surface area contributed by atoms with E-state index in [1.54, 1.807) is 30.3 Å². The number of amides is 1. The van der Waals surface area contributed by atoms with Gasteiger partial charge in [0, 0.05) is 37.3 Å². The minimum atomic E-state index is -0.972. The highest BCUT2D eigenvalue weighted by Crippen LogP contribution is 2.54. The Morgan fingerprint density at radius 1 is 1.00 bits per heavy atom. The van der Waals surface area contributed by atoms with E-state index in [0.29, 0.717) is 53.9 Å². The molecule has 38 heavy (non-hydrogen) atoms. The number of Topliss-reactive ketones (excluding diaryl/α,β-unsaturated/α-hetero) is 1. The fourth-order valence-electron chi connectivity index (χ4n) is 5.03. The lowest BCUT2D eigenvalue weighted by Crippen LogP contribution is -2.42. The first-order valence-corrected chi connectivity index (χ1v) is 12.3. The van der Waals surface area contributed by atoms with E-state index in [9.17, 15) is 14.7 Å². The van der Waals surface area contributed by atoms with Crippen molar-refractivity contribution in [1.29, 1.82) is 0 Å². The lowest BCUT2D eigenvalue weighted by Gasteiger charge is -2.31. The van der Waals surface area contributed by atoms with Crippen molar-refractivity contribution in [2.75, 3.05) is 67.5 Å². The van der Waals surface area contributed by atoms with Crippen LogP contribution in [-0.4, -0.2) is 94.1 Å². The molecule has 11 nitrogen and oxygen atoms in total. The molecule has 1 N–H and O–H groups in total. The van der Waals surface area contributed by atoms with Crippen molar-refractivity contribution in [1.82, 2.24) is 9.80 Å². The Balaban J connectivity index is 1.66.